The van der Waals surface area contributed by atoms with Crippen molar-refractivity contribution in [3.63, 3.8) is 0 Å². The van der Waals surface area contributed by atoms with E-state index in [9.17, 15) is 9.59 Å². The van der Waals surface area contributed by atoms with Crippen LogP contribution in [-0.4, -0.2) is 35.3 Å². The molecule has 0 unspecified atom stereocenters. The quantitative estimate of drug-likeness (QED) is 0.843. The van der Waals surface area contributed by atoms with Crippen LogP contribution < -0.4 is 15.8 Å². The van der Waals surface area contributed by atoms with E-state index in [1.165, 1.54) is 10.7 Å². The van der Waals surface area contributed by atoms with Gasteiger partial charge in [0.15, 0.2) is 0 Å². The molecule has 1 aliphatic rings. The first-order valence-electron chi connectivity index (χ1n) is 6.69. The number of carbonyl (C=O) groups excluding carboxylic acids is 1. The molecule has 2 heterocycles. The monoisotopic (exact) mass is 264 g/mol. The van der Waals surface area contributed by atoms with Crippen LogP contribution in [-0.2, 0) is 11.8 Å². The second kappa shape index (κ2) is 5.86. The first kappa shape index (κ1) is 13.6. The molecule has 1 N–H and O–H groups in total. The molecule has 0 spiro atoms. The number of anilines is 1. The Bertz CT molecular complexity index is 504. The number of nitrogens with zero attached hydrogens (tertiary/aromatic N) is 3. The topological polar surface area (TPSA) is 67.2 Å². The summed E-state index contributed by atoms with van der Waals surface area (Å²) in [6, 6.07) is 3.27. The van der Waals surface area contributed by atoms with Gasteiger partial charge in [-0.3, -0.25) is 9.59 Å². The van der Waals surface area contributed by atoms with Crippen LogP contribution in [0.3, 0.4) is 0 Å². The van der Waals surface area contributed by atoms with Gasteiger partial charge in [-0.2, -0.15) is 5.10 Å². The van der Waals surface area contributed by atoms with Crippen molar-refractivity contribution in [2.45, 2.75) is 19.8 Å². The summed E-state index contributed by atoms with van der Waals surface area (Å²) in [5, 5.41) is 7.10. The predicted molar refractivity (Wildman–Crippen MR) is 73.1 cm³/mol. The van der Waals surface area contributed by atoms with Crippen molar-refractivity contribution in [2.24, 2.45) is 13.0 Å². The third-order valence-corrected chi connectivity index (χ3v) is 3.49. The van der Waals surface area contributed by atoms with Gasteiger partial charge < -0.3 is 10.2 Å². The molecule has 1 aliphatic heterocycles. The minimum atomic E-state index is -0.110. The van der Waals surface area contributed by atoms with Gasteiger partial charge in [0.05, 0.1) is 0 Å². The highest BCUT2D eigenvalue weighted by atomic mass is 16.2. The molecule has 1 aromatic rings. The maximum Gasteiger partial charge on any atom is 0.266 e. The molecule has 104 valence electrons. The first-order valence-corrected chi connectivity index (χ1v) is 6.69. The molecular weight excluding hydrogens is 244 g/mol. The van der Waals surface area contributed by atoms with E-state index in [1.54, 1.807) is 13.1 Å². The van der Waals surface area contributed by atoms with Gasteiger partial charge in [0, 0.05) is 38.7 Å². The lowest BCUT2D eigenvalue weighted by molar-refractivity contribution is -0.125. The van der Waals surface area contributed by atoms with Crippen LogP contribution >= 0.6 is 0 Å². The number of piperidine rings is 1. The second-order valence-corrected chi connectivity index (χ2v) is 4.81. The van der Waals surface area contributed by atoms with Gasteiger partial charge in [0.1, 0.15) is 5.82 Å². The fourth-order valence-electron chi connectivity index (χ4n) is 2.35. The number of carbonyl (C=O) groups is 1. The molecule has 0 aliphatic carbocycles. The van der Waals surface area contributed by atoms with Gasteiger partial charge in [-0.15, -0.1) is 0 Å². The lowest BCUT2D eigenvalue weighted by Crippen LogP contribution is -2.41. The number of hydrogen-bond acceptors (Lipinski definition) is 4. The summed E-state index contributed by atoms with van der Waals surface area (Å²) in [6.45, 7) is 4.21. The minimum absolute atomic E-state index is 0.101. The van der Waals surface area contributed by atoms with Crippen LogP contribution in [0.15, 0.2) is 16.9 Å². The van der Waals surface area contributed by atoms with Crippen molar-refractivity contribution in [1.29, 1.82) is 0 Å². The number of rotatable bonds is 3. The molecular formula is C13H20N4O2. The molecule has 6 heteroatoms. The molecule has 1 aromatic heterocycles. The Balaban J connectivity index is 1.97. The maximum absolute atomic E-state index is 11.7. The Morgan fingerprint density at radius 3 is 2.68 bits per heavy atom. The highest BCUT2D eigenvalue weighted by Gasteiger charge is 2.25. The zero-order valence-electron chi connectivity index (χ0n) is 11.4. The van der Waals surface area contributed by atoms with E-state index >= 15 is 0 Å². The molecule has 0 saturated carbocycles. The summed E-state index contributed by atoms with van der Waals surface area (Å²) in [4.78, 5) is 25.2. The zero-order chi connectivity index (χ0) is 13.8. The molecule has 0 aromatic carbocycles. The normalized spacial score (nSPS) is 16.4. The van der Waals surface area contributed by atoms with E-state index in [0.717, 1.165) is 31.7 Å². The smallest absolute Gasteiger partial charge is 0.266 e. The molecule has 1 amide bonds. The van der Waals surface area contributed by atoms with E-state index in [-0.39, 0.29) is 17.4 Å². The number of hydrogen-bond donors (Lipinski definition) is 1. The van der Waals surface area contributed by atoms with Crippen LogP contribution in [0.25, 0.3) is 0 Å². The van der Waals surface area contributed by atoms with Gasteiger partial charge in [-0.1, -0.05) is 0 Å². The highest BCUT2D eigenvalue weighted by Crippen LogP contribution is 2.21. The summed E-state index contributed by atoms with van der Waals surface area (Å²) in [6.07, 6.45) is 1.66. The number of aromatic nitrogens is 2. The van der Waals surface area contributed by atoms with Gasteiger partial charge in [0.2, 0.25) is 5.91 Å². The van der Waals surface area contributed by atoms with Crippen molar-refractivity contribution in [3.05, 3.63) is 22.5 Å². The molecule has 19 heavy (non-hydrogen) atoms. The van der Waals surface area contributed by atoms with Crippen molar-refractivity contribution >= 4 is 11.7 Å². The molecule has 2 rings (SSSR count). The Morgan fingerprint density at radius 1 is 1.42 bits per heavy atom. The standard InChI is InChI=1S/C13H20N4O2/c1-3-14-13(19)10-6-8-17(9-7-10)11-4-5-12(18)16(2)15-11/h4-5,10H,3,6-9H2,1-2H3,(H,14,19). The van der Waals surface area contributed by atoms with Crippen LogP contribution in [0.1, 0.15) is 19.8 Å². The molecule has 0 atom stereocenters. The molecule has 0 radical (unpaired) electrons. The molecule has 0 bridgehead atoms. The summed E-state index contributed by atoms with van der Waals surface area (Å²) >= 11 is 0. The average Bonchev–Trinajstić information content (AvgIpc) is 2.42. The second-order valence-electron chi connectivity index (χ2n) is 4.81. The minimum Gasteiger partial charge on any atom is -0.356 e. The fourth-order valence-corrected chi connectivity index (χ4v) is 2.35. The van der Waals surface area contributed by atoms with Crippen molar-refractivity contribution < 1.29 is 4.79 Å². The average molecular weight is 264 g/mol. The molecule has 1 fully saturated rings. The van der Waals surface area contributed by atoms with E-state index in [0.29, 0.717) is 6.54 Å². The fraction of sp³-hybridized carbons (Fsp3) is 0.615. The SMILES string of the molecule is CCNC(=O)C1CCN(c2ccc(=O)n(C)n2)CC1. The Kier molecular flexibility index (Phi) is 4.19. The molecule has 6 nitrogen and oxygen atoms in total. The summed E-state index contributed by atoms with van der Waals surface area (Å²) in [7, 11) is 1.65. The van der Waals surface area contributed by atoms with Crippen molar-refractivity contribution in [1.82, 2.24) is 15.1 Å². The van der Waals surface area contributed by atoms with Gasteiger partial charge in [-0.05, 0) is 25.8 Å². The predicted octanol–water partition coefficient (Wildman–Crippen LogP) is 0.133. The van der Waals surface area contributed by atoms with E-state index in [2.05, 4.69) is 15.3 Å². The third-order valence-electron chi connectivity index (χ3n) is 3.49. The Morgan fingerprint density at radius 2 is 2.11 bits per heavy atom. The van der Waals surface area contributed by atoms with Gasteiger partial charge in [0.25, 0.3) is 5.56 Å². The maximum atomic E-state index is 11.7. The van der Waals surface area contributed by atoms with Gasteiger partial charge >= 0.3 is 0 Å². The van der Waals surface area contributed by atoms with E-state index in [1.807, 2.05) is 6.92 Å². The van der Waals surface area contributed by atoms with Crippen LogP contribution in [0.4, 0.5) is 5.82 Å². The Labute approximate surface area is 112 Å². The highest BCUT2D eigenvalue weighted by molar-refractivity contribution is 5.78. The lowest BCUT2D eigenvalue weighted by atomic mass is 9.96. The van der Waals surface area contributed by atoms with Crippen molar-refractivity contribution in [2.75, 3.05) is 24.5 Å². The number of nitrogens with one attached hydrogen (secondary N) is 1. The van der Waals surface area contributed by atoms with Crippen LogP contribution in [0, 0.1) is 5.92 Å². The zero-order valence-corrected chi connectivity index (χ0v) is 11.4. The number of amides is 1. The van der Waals surface area contributed by atoms with Crippen LogP contribution in [0.5, 0.6) is 0 Å². The molecule has 1 saturated heterocycles. The lowest BCUT2D eigenvalue weighted by Gasteiger charge is -2.32. The van der Waals surface area contributed by atoms with Crippen LogP contribution in [0.2, 0.25) is 0 Å². The summed E-state index contributed by atoms with van der Waals surface area (Å²) in [5.41, 5.74) is -0.110. The largest absolute Gasteiger partial charge is 0.356 e. The Hall–Kier alpha value is -1.85. The van der Waals surface area contributed by atoms with E-state index in [4.69, 9.17) is 0 Å². The van der Waals surface area contributed by atoms with E-state index < -0.39 is 0 Å². The third kappa shape index (κ3) is 3.13. The first-order chi connectivity index (χ1) is 9.11. The van der Waals surface area contributed by atoms with Gasteiger partial charge in [-0.25, -0.2) is 4.68 Å². The summed E-state index contributed by atoms with van der Waals surface area (Å²) in [5.74, 6) is 1.05. The van der Waals surface area contributed by atoms with Crippen molar-refractivity contribution in [3.8, 4) is 0 Å². The number of aryl methyl sites for hydroxylation is 1. The summed E-state index contributed by atoms with van der Waals surface area (Å²) < 4.78 is 1.34.